The molecule has 0 saturated heterocycles. The average Bonchev–Trinajstić information content (AvgIpc) is 2.93. The lowest BCUT2D eigenvalue weighted by atomic mass is 10.1. The number of anilines is 1. The summed E-state index contributed by atoms with van der Waals surface area (Å²) in [4.78, 5) is 30.3. The summed E-state index contributed by atoms with van der Waals surface area (Å²) in [5.74, 6) is 0.791. The standard InChI is InChI=1S/C29H27N3O5S/c1-18-7-9-19(10-8-18)16-32(29(38)31-23-6-4-3-5-22(23)28(34)35-2)17-21-13-20-14-25-26(37-12-11-36-25)15-24(20)30-27(21)33/h3-10,13-15H,11-12,16-17H2,1-2H3,(H,30,33)(H,31,38). The van der Waals surface area contributed by atoms with Gasteiger partial charge in [-0.15, -0.1) is 0 Å². The number of esters is 1. The monoisotopic (exact) mass is 529 g/mol. The predicted molar refractivity (Wildman–Crippen MR) is 150 cm³/mol. The number of carbonyl (C=O) groups excluding carboxylic acids is 1. The largest absolute Gasteiger partial charge is 0.486 e. The zero-order valence-corrected chi connectivity index (χ0v) is 21.9. The first-order chi connectivity index (χ1) is 18.4. The van der Waals surface area contributed by atoms with Gasteiger partial charge in [0.1, 0.15) is 13.2 Å². The molecule has 1 aliphatic rings. The van der Waals surface area contributed by atoms with E-state index in [4.69, 9.17) is 26.4 Å². The SMILES string of the molecule is COC(=O)c1ccccc1NC(=S)N(Cc1ccc(C)cc1)Cc1cc2cc3c(cc2[nH]c1=O)OCCO3. The van der Waals surface area contributed by atoms with Crippen LogP contribution in [-0.4, -0.2) is 41.3 Å². The number of aromatic amines is 1. The average molecular weight is 530 g/mol. The second kappa shape index (κ2) is 10.9. The summed E-state index contributed by atoms with van der Waals surface area (Å²) < 4.78 is 16.3. The van der Waals surface area contributed by atoms with Crippen molar-refractivity contribution in [2.45, 2.75) is 20.0 Å². The van der Waals surface area contributed by atoms with Crippen molar-refractivity contribution in [2.75, 3.05) is 25.6 Å². The van der Waals surface area contributed by atoms with E-state index in [9.17, 15) is 9.59 Å². The van der Waals surface area contributed by atoms with Gasteiger partial charge < -0.3 is 29.4 Å². The summed E-state index contributed by atoms with van der Waals surface area (Å²) in [6, 6.07) is 20.6. The first kappa shape index (κ1) is 25.3. The van der Waals surface area contributed by atoms with E-state index in [1.807, 2.05) is 54.3 Å². The Morgan fingerprint density at radius 1 is 1.03 bits per heavy atom. The van der Waals surface area contributed by atoms with Gasteiger partial charge in [0.2, 0.25) is 0 Å². The number of hydrogen-bond acceptors (Lipinski definition) is 6. The molecule has 8 nitrogen and oxygen atoms in total. The summed E-state index contributed by atoms with van der Waals surface area (Å²) in [6.07, 6.45) is 0. The first-order valence-corrected chi connectivity index (χ1v) is 12.6. The molecule has 3 aromatic carbocycles. The fraction of sp³-hybridized carbons (Fsp3) is 0.207. The smallest absolute Gasteiger partial charge is 0.339 e. The van der Waals surface area contributed by atoms with Gasteiger partial charge in [-0.3, -0.25) is 4.79 Å². The number of aromatic nitrogens is 1. The maximum absolute atomic E-state index is 13.1. The molecule has 0 saturated carbocycles. The number of nitrogens with one attached hydrogen (secondary N) is 2. The van der Waals surface area contributed by atoms with Crippen molar-refractivity contribution in [2.24, 2.45) is 0 Å². The van der Waals surface area contributed by atoms with Gasteiger partial charge in [0, 0.05) is 23.6 Å². The van der Waals surface area contributed by atoms with Gasteiger partial charge in [-0.1, -0.05) is 42.0 Å². The molecule has 0 spiro atoms. The Labute approximate surface area is 225 Å². The van der Waals surface area contributed by atoms with Crippen molar-refractivity contribution in [1.82, 2.24) is 9.88 Å². The highest BCUT2D eigenvalue weighted by molar-refractivity contribution is 7.80. The van der Waals surface area contributed by atoms with E-state index >= 15 is 0 Å². The van der Waals surface area contributed by atoms with E-state index in [1.165, 1.54) is 7.11 Å². The van der Waals surface area contributed by atoms with Crippen LogP contribution in [-0.2, 0) is 17.8 Å². The quantitative estimate of drug-likeness (QED) is 0.272. The minimum Gasteiger partial charge on any atom is -0.486 e. The van der Waals surface area contributed by atoms with Crippen molar-refractivity contribution >= 4 is 39.9 Å². The summed E-state index contributed by atoms with van der Waals surface area (Å²) in [5.41, 5.74) is 4.04. The number of fused-ring (bicyclic) bond motifs is 2. The van der Waals surface area contributed by atoms with Gasteiger partial charge in [0.05, 0.1) is 30.4 Å². The maximum atomic E-state index is 13.1. The number of carbonyl (C=O) groups is 1. The molecule has 0 aliphatic carbocycles. The van der Waals surface area contributed by atoms with Gasteiger partial charge in [0.25, 0.3) is 5.56 Å². The summed E-state index contributed by atoms with van der Waals surface area (Å²) in [7, 11) is 1.33. The first-order valence-electron chi connectivity index (χ1n) is 12.2. The molecule has 9 heteroatoms. The number of rotatable bonds is 6. The van der Waals surface area contributed by atoms with E-state index in [2.05, 4.69) is 10.3 Å². The van der Waals surface area contributed by atoms with E-state index < -0.39 is 5.97 Å². The van der Waals surface area contributed by atoms with Crippen LogP contribution >= 0.6 is 12.2 Å². The van der Waals surface area contributed by atoms with Crippen LogP contribution in [0.3, 0.4) is 0 Å². The molecule has 2 N–H and O–H groups in total. The van der Waals surface area contributed by atoms with Crippen LogP contribution in [0.4, 0.5) is 5.69 Å². The zero-order chi connectivity index (χ0) is 26.6. The third kappa shape index (κ3) is 5.47. The van der Waals surface area contributed by atoms with Gasteiger partial charge >= 0.3 is 5.97 Å². The van der Waals surface area contributed by atoms with Crippen molar-refractivity contribution in [1.29, 1.82) is 0 Å². The number of aryl methyl sites for hydroxylation is 1. The zero-order valence-electron chi connectivity index (χ0n) is 21.1. The Bertz CT molecular complexity index is 1570. The van der Waals surface area contributed by atoms with Crippen LogP contribution in [0.5, 0.6) is 11.5 Å². The van der Waals surface area contributed by atoms with Crippen LogP contribution < -0.4 is 20.3 Å². The minimum absolute atomic E-state index is 0.221. The molecule has 0 bridgehead atoms. The van der Waals surface area contributed by atoms with Crippen molar-refractivity contribution in [3.8, 4) is 11.5 Å². The Kier molecular flexibility index (Phi) is 7.28. The third-order valence-electron chi connectivity index (χ3n) is 6.30. The van der Waals surface area contributed by atoms with E-state index in [0.717, 1.165) is 16.5 Å². The lowest BCUT2D eigenvalue weighted by molar-refractivity contribution is 0.0602. The molecule has 2 heterocycles. The summed E-state index contributed by atoms with van der Waals surface area (Å²) in [6.45, 7) is 3.66. The second-order valence-corrected chi connectivity index (χ2v) is 9.40. The molecule has 38 heavy (non-hydrogen) atoms. The number of ether oxygens (including phenoxy) is 3. The molecule has 194 valence electrons. The third-order valence-corrected chi connectivity index (χ3v) is 6.66. The molecule has 0 amide bonds. The predicted octanol–water partition coefficient (Wildman–Crippen LogP) is 4.79. The Balaban J connectivity index is 1.48. The normalized spacial score (nSPS) is 12.2. The van der Waals surface area contributed by atoms with Crippen LogP contribution in [0.25, 0.3) is 10.9 Å². The fourth-order valence-corrected chi connectivity index (χ4v) is 4.54. The lowest BCUT2D eigenvalue weighted by Gasteiger charge is -2.27. The van der Waals surface area contributed by atoms with Crippen molar-refractivity contribution in [3.63, 3.8) is 0 Å². The molecule has 0 unspecified atom stereocenters. The lowest BCUT2D eigenvalue weighted by Crippen LogP contribution is -2.36. The highest BCUT2D eigenvalue weighted by atomic mass is 32.1. The molecular formula is C29H27N3O5S. The number of H-pyrrole nitrogens is 1. The fourth-order valence-electron chi connectivity index (χ4n) is 4.30. The number of thiocarbonyl (C=S) groups is 1. The Morgan fingerprint density at radius 2 is 1.74 bits per heavy atom. The summed E-state index contributed by atoms with van der Waals surface area (Å²) in [5, 5.41) is 4.38. The Morgan fingerprint density at radius 3 is 2.47 bits per heavy atom. The number of para-hydroxylation sites is 1. The number of benzene rings is 3. The highest BCUT2D eigenvalue weighted by Crippen LogP contribution is 2.33. The van der Waals surface area contributed by atoms with Crippen LogP contribution in [0.1, 0.15) is 27.0 Å². The molecule has 0 radical (unpaired) electrons. The van der Waals surface area contributed by atoms with E-state index in [1.54, 1.807) is 24.3 Å². The topological polar surface area (TPSA) is 92.9 Å². The number of pyridine rings is 1. The number of nitrogens with zero attached hydrogens (tertiary/aromatic N) is 1. The Hall–Kier alpha value is -4.37. The van der Waals surface area contributed by atoms with Gasteiger partial charge in [0.15, 0.2) is 16.6 Å². The van der Waals surface area contributed by atoms with Gasteiger partial charge in [-0.2, -0.15) is 0 Å². The molecule has 4 aromatic rings. The molecule has 5 rings (SSSR count). The van der Waals surface area contributed by atoms with Crippen LogP contribution in [0, 0.1) is 6.92 Å². The second-order valence-electron chi connectivity index (χ2n) is 9.02. The number of hydrogen-bond donors (Lipinski definition) is 2. The van der Waals surface area contributed by atoms with Crippen molar-refractivity contribution in [3.05, 3.63) is 99.3 Å². The van der Waals surface area contributed by atoms with Crippen molar-refractivity contribution < 1.29 is 19.0 Å². The van der Waals surface area contributed by atoms with Gasteiger partial charge in [-0.25, -0.2) is 4.79 Å². The maximum Gasteiger partial charge on any atom is 0.339 e. The summed E-state index contributed by atoms with van der Waals surface area (Å²) >= 11 is 5.80. The highest BCUT2D eigenvalue weighted by Gasteiger charge is 2.19. The van der Waals surface area contributed by atoms with E-state index in [0.29, 0.717) is 58.7 Å². The molecular weight excluding hydrogens is 502 g/mol. The number of methoxy groups -OCH3 is 1. The van der Waals surface area contributed by atoms with Gasteiger partial charge in [-0.05, 0) is 49.0 Å². The molecule has 0 atom stereocenters. The minimum atomic E-state index is -0.471. The van der Waals surface area contributed by atoms with E-state index in [-0.39, 0.29) is 12.1 Å². The van der Waals surface area contributed by atoms with Crippen LogP contribution in [0.15, 0.2) is 71.5 Å². The molecule has 1 aliphatic heterocycles. The molecule has 1 aromatic heterocycles. The molecule has 0 fully saturated rings. The van der Waals surface area contributed by atoms with Crippen LogP contribution in [0.2, 0.25) is 0 Å².